The van der Waals surface area contributed by atoms with E-state index in [-0.39, 0.29) is 17.3 Å². The molecule has 0 spiro atoms. The Kier molecular flexibility index (Phi) is 7.88. The zero-order valence-corrected chi connectivity index (χ0v) is 21.9. The minimum atomic E-state index is -1.46. The number of methoxy groups -OCH3 is 2. The zero-order chi connectivity index (χ0) is 29.1. The molecule has 1 aliphatic heterocycles. The van der Waals surface area contributed by atoms with Crippen LogP contribution in [0.3, 0.4) is 0 Å². The summed E-state index contributed by atoms with van der Waals surface area (Å²) in [5.74, 6) is -5.59. The summed E-state index contributed by atoms with van der Waals surface area (Å²) in [5, 5.41) is 2.70. The molecule has 0 bridgehead atoms. The maximum absolute atomic E-state index is 15.1. The van der Waals surface area contributed by atoms with Crippen molar-refractivity contribution in [2.75, 3.05) is 50.7 Å². The van der Waals surface area contributed by atoms with Gasteiger partial charge in [0.15, 0.2) is 11.5 Å². The number of hydrogen-bond acceptors (Lipinski definition) is 9. The topological polar surface area (TPSA) is 112 Å². The molecule has 3 aromatic carbocycles. The lowest BCUT2D eigenvalue weighted by Crippen LogP contribution is -2.37. The summed E-state index contributed by atoms with van der Waals surface area (Å²) in [6.45, 7) is 1.63. The summed E-state index contributed by atoms with van der Waals surface area (Å²) < 4.78 is 65.5. The van der Waals surface area contributed by atoms with Gasteiger partial charge in [0, 0.05) is 31.3 Å². The van der Waals surface area contributed by atoms with E-state index in [1.807, 2.05) is 0 Å². The molecule has 0 saturated carbocycles. The highest BCUT2D eigenvalue weighted by molar-refractivity contribution is 6.46. The van der Waals surface area contributed by atoms with Crippen LogP contribution in [-0.4, -0.2) is 62.2 Å². The molecule has 1 saturated heterocycles. The first-order valence-corrected chi connectivity index (χ1v) is 12.3. The first-order valence-electron chi connectivity index (χ1n) is 12.3. The monoisotopic (exact) mass is 568 g/mol. The van der Waals surface area contributed by atoms with Gasteiger partial charge in [-0.2, -0.15) is 0 Å². The number of aromatic nitrogens is 2. The van der Waals surface area contributed by atoms with Gasteiger partial charge in [0.1, 0.15) is 29.5 Å². The fourth-order valence-electron chi connectivity index (χ4n) is 4.35. The molecule has 1 N–H and O–H groups in total. The number of anilines is 2. The van der Waals surface area contributed by atoms with Crippen LogP contribution in [0.25, 0.3) is 10.9 Å². The minimum absolute atomic E-state index is 0.0430. The number of rotatable bonds is 8. The van der Waals surface area contributed by atoms with E-state index in [4.69, 9.17) is 18.9 Å². The number of amides is 1. The smallest absolute Gasteiger partial charge is 0.297 e. The van der Waals surface area contributed by atoms with Crippen molar-refractivity contribution in [3.8, 4) is 23.1 Å². The Balaban J connectivity index is 1.39. The van der Waals surface area contributed by atoms with Gasteiger partial charge in [0.2, 0.25) is 5.88 Å². The standard InChI is InChI=1S/C28H23F3N4O6/c1-38-23-12-17-21(13-24(23)39-2)32-14-33-28(17)41-16-10-18(30)25(19(31)11-16)26(36)27(37)34-20-4-3-15(29)9-22(20)35-5-7-40-8-6-35/h3-4,9-14H,5-8H2,1-2H3,(H,34,37). The van der Waals surface area contributed by atoms with Crippen molar-refractivity contribution >= 4 is 34.0 Å². The lowest BCUT2D eigenvalue weighted by Gasteiger charge is -2.30. The van der Waals surface area contributed by atoms with Gasteiger partial charge in [-0.15, -0.1) is 0 Å². The molecule has 1 aromatic heterocycles. The van der Waals surface area contributed by atoms with Crippen LogP contribution in [0.5, 0.6) is 23.1 Å². The average Bonchev–Trinajstić information content (AvgIpc) is 2.97. The van der Waals surface area contributed by atoms with Gasteiger partial charge in [-0.05, 0) is 24.3 Å². The lowest BCUT2D eigenvalue weighted by atomic mass is 10.1. The van der Waals surface area contributed by atoms with Gasteiger partial charge >= 0.3 is 0 Å². The molecule has 5 rings (SSSR count). The molecular formula is C28H23F3N4O6. The highest BCUT2D eigenvalue weighted by Gasteiger charge is 2.27. The number of carbonyl (C=O) groups excluding carboxylic acids is 2. The van der Waals surface area contributed by atoms with Gasteiger partial charge in [-0.3, -0.25) is 9.59 Å². The maximum Gasteiger partial charge on any atom is 0.297 e. The third-order valence-electron chi connectivity index (χ3n) is 6.33. The van der Waals surface area contributed by atoms with Crippen LogP contribution in [0.2, 0.25) is 0 Å². The summed E-state index contributed by atoms with van der Waals surface area (Å²) in [5.41, 5.74) is -0.251. The van der Waals surface area contributed by atoms with Crippen LogP contribution in [0.15, 0.2) is 48.8 Å². The van der Waals surface area contributed by atoms with E-state index >= 15 is 8.78 Å². The molecule has 0 radical (unpaired) electrons. The lowest BCUT2D eigenvalue weighted by molar-refractivity contribution is -0.112. The summed E-state index contributed by atoms with van der Waals surface area (Å²) in [4.78, 5) is 35.5. The molecule has 0 unspecified atom stereocenters. The van der Waals surface area contributed by atoms with E-state index in [2.05, 4.69) is 15.3 Å². The predicted molar refractivity (Wildman–Crippen MR) is 141 cm³/mol. The number of fused-ring (bicyclic) bond motifs is 1. The van der Waals surface area contributed by atoms with Gasteiger partial charge < -0.3 is 29.2 Å². The molecule has 13 heteroatoms. The number of ether oxygens (including phenoxy) is 4. The van der Waals surface area contributed by atoms with Gasteiger partial charge in [-0.25, -0.2) is 23.1 Å². The SMILES string of the molecule is COc1cc2ncnc(Oc3cc(F)c(C(=O)C(=O)Nc4ccc(F)cc4N4CCOCC4)c(F)c3)c2cc1OC. The summed E-state index contributed by atoms with van der Waals surface area (Å²) in [7, 11) is 2.89. The van der Waals surface area contributed by atoms with E-state index < -0.39 is 34.7 Å². The molecule has 41 heavy (non-hydrogen) atoms. The number of benzene rings is 3. The number of Topliss-reactive ketones (excluding diaryl/α,β-unsaturated/α-hetero) is 1. The van der Waals surface area contributed by atoms with Crippen LogP contribution in [0, 0.1) is 17.5 Å². The van der Waals surface area contributed by atoms with Crippen molar-refractivity contribution in [1.29, 1.82) is 0 Å². The molecule has 1 fully saturated rings. The number of nitrogens with one attached hydrogen (secondary N) is 1. The highest BCUT2D eigenvalue weighted by Crippen LogP contribution is 2.36. The molecular weight excluding hydrogens is 545 g/mol. The van der Waals surface area contributed by atoms with E-state index in [0.29, 0.717) is 54.4 Å². The largest absolute Gasteiger partial charge is 0.493 e. The molecule has 1 aliphatic rings. The first kappa shape index (κ1) is 27.6. The number of hydrogen-bond donors (Lipinski definition) is 1. The van der Waals surface area contributed by atoms with E-state index in [9.17, 15) is 14.0 Å². The van der Waals surface area contributed by atoms with E-state index in [1.165, 1.54) is 32.7 Å². The Morgan fingerprint density at radius 2 is 1.61 bits per heavy atom. The molecule has 10 nitrogen and oxygen atoms in total. The first-order chi connectivity index (χ1) is 19.8. The molecule has 0 atom stereocenters. The van der Waals surface area contributed by atoms with Crippen molar-refractivity contribution in [2.24, 2.45) is 0 Å². The van der Waals surface area contributed by atoms with E-state index in [0.717, 1.165) is 18.2 Å². The normalized spacial score (nSPS) is 13.1. The van der Waals surface area contributed by atoms with Crippen LogP contribution in [0.1, 0.15) is 10.4 Å². The Morgan fingerprint density at radius 3 is 2.29 bits per heavy atom. The van der Waals surface area contributed by atoms with Crippen molar-refractivity contribution in [3.05, 3.63) is 71.8 Å². The van der Waals surface area contributed by atoms with Crippen molar-refractivity contribution in [1.82, 2.24) is 9.97 Å². The molecule has 4 aromatic rings. The Morgan fingerprint density at radius 1 is 0.927 bits per heavy atom. The van der Waals surface area contributed by atoms with Gasteiger partial charge in [-0.1, -0.05) is 0 Å². The molecule has 2 heterocycles. The van der Waals surface area contributed by atoms with Crippen molar-refractivity contribution < 1.29 is 41.7 Å². The van der Waals surface area contributed by atoms with Gasteiger partial charge in [0.05, 0.1) is 55.3 Å². The fraction of sp³-hybridized carbons (Fsp3) is 0.214. The van der Waals surface area contributed by atoms with E-state index in [1.54, 1.807) is 17.0 Å². The van der Waals surface area contributed by atoms with Crippen molar-refractivity contribution in [3.63, 3.8) is 0 Å². The second kappa shape index (κ2) is 11.7. The van der Waals surface area contributed by atoms with Crippen LogP contribution >= 0.6 is 0 Å². The number of morpholine rings is 1. The van der Waals surface area contributed by atoms with Crippen LogP contribution in [0.4, 0.5) is 24.5 Å². The third kappa shape index (κ3) is 5.70. The fourth-order valence-corrected chi connectivity index (χ4v) is 4.35. The second-order valence-corrected chi connectivity index (χ2v) is 8.81. The van der Waals surface area contributed by atoms with Gasteiger partial charge in [0.25, 0.3) is 11.7 Å². The summed E-state index contributed by atoms with van der Waals surface area (Å²) in [6, 6.07) is 8.20. The van der Waals surface area contributed by atoms with Crippen LogP contribution < -0.4 is 24.4 Å². The second-order valence-electron chi connectivity index (χ2n) is 8.81. The Bertz CT molecular complexity index is 1620. The molecule has 0 aliphatic carbocycles. The molecule has 212 valence electrons. The number of carbonyl (C=O) groups is 2. The summed E-state index contributed by atoms with van der Waals surface area (Å²) in [6.07, 6.45) is 1.19. The minimum Gasteiger partial charge on any atom is -0.493 e. The number of nitrogens with zero attached hydrogens (tertiary/aromatic N) is 3. The highest BCUT2D eigenvalue weighted by atomic mass is 19.1. The Hall–Kier alpha value is -4.91. The predicted octanol–water partition coefficient (Wildman–Crippen LogP) is 4.51. The molecule has 1 amide bonds. The van der Waals surface area contributed by atoms with Crippen LogP contribution in [-0.2, 0) is 9.53 Å². The van der Waals surface area contributed by atoms with Crippen molar-refractivity contribution in [2.45, 2.75) is 0 Å². The third-order valence-corrected chi connectivity index (χ3v) is 6.33. The Labute approximate surface area is 231 Å². The zero-order valence-electron chi connectivity index (χ0n) is 21.9. The number of ketones is 1. The number of halogens is 3. The maximum atomic E-state index is 15.1. The average molecular weight is 569 g/mol. The summed E-state index contributed by atoms with van der Waals surface area (Å²) >= 11 is 0. The quantitative estimate of drug-likeness (QED) is 0.242.